The molecule has 4 rings (SSSR count). The third-order valence-corrected chi connectivity index (χ3v) is 6.52. The molecule has 27 heavy (non-hydrogen) atoms. The Morgan fingerprint density at radius 3 is 2.59 bits per heavy atom. The lowest BCUT2D eigenvalue weighted by molar-refractivity contribution is -0.139. The molecular formula is C23H30N2O2. The molecule has 144 valence electrons. The smallest absolute Gasteiger partial charge is 0.222 e. The molecule has 2 aromatic carbocycles. The Hall–Kier alpha value is -1.91. The lowest BCUT2D eigenvalue weighted by Crippen LogP contribution is -2.51. The Kier molecular flexibility index (Phi) is 5.46. The minimum atomic E-state index is 0.162. The van der Waals surface area contributed by atoms with Gasteiger partial charge in [0, 0.05) is 32.7 Å². The van der Waals surface area contributed by atoms with Gasteiger partial charge in [-0.1, -0.05) is 42.5 Å². The summed E-state index contributed by atoms with van der Waals surface area (Å²) in [5.41, 5.74) is 1.70. The molecule has 2 heterocycles. The standard InChI is InChI=1S/C23H30N2O2/c26-16-4-13-25-18-23(10-9-22(25)27)11-14-24(15-12-23)17-20-7-3-6-19-5-1-2-8-21(19)20/h1-3,5-8,26H,4,9-18H2. The van der Waals surface area contributed by atoms with E-state index in [1.807, 2.05) is 4.90 Å². The van der Waals surface area contributed by atoms with Crippen molar-refractivity contribution in [2.75, 3.05) is 32.8 Å². The third kappa shape index (κ3) is 4.02. The predicted octanol–water partition coefficient (Wildman–Crippen LogP) is 3.43. The van der Waals surface area contributed by atoms with Gasteiger partial charge in [-0.25, -0.2) is 0 Å². The van der Waals surface area contributed by atoms with Crippen LogP contribution >= 0.6 is 0 Å². The largest absolute Gasteiger partial charge is 0.396 e. The normalized spacial score (nSPS) is 20.5. The minimum absolute atomic E-state index is 0.162. The Labute approximate surface area is 161 Å². The van der Waals surface area contributed by atoms with Crippen molar-refractivity contribution in [1.82, 2.24) is 9.80 Å². The first kappa shape index (κ1) is 18.5. The van der Waals surface area contributed by atoms with Gasteiger partial charge in [-0.15, -0.1) is 0 Å². The maximum Gasteiger partial charge on any atom is 0.222 e. The topological polar surface area (TPSA) is 43.8 Å². The number of benzene rings is 2. The van der Waals surface area contributed by atoms with E-state index < -0.39 is 0 Å². The molecule has 2 fully saturated rings. The number of hydrogen-bond donors (Lipinski definition) is 1. The van der Waals surface area contributed by atoms with Crippen LogP contribution in [0.4, 0.5) is 0 Å². The van der Waals surface area contributed by atoms with Gasteiger partial charge in [0.2, 0.25) is 5.91 Å². The van der Waals surface area contributed by atoms with Crippen LogP contribution in [0.2, 0.25) is 0 Å². The first-order chi connectivity index (χ1) is 13.2. The number of piperidine rings is 2. The van der Waals surface area contributed by atoms with Crippen LogP contribution in [0.1, 0.15) is 37.7 Å². The number of aliphatic hydroxyl groups excluding tert-OH is 1. The van der Waals surface area contributed by atoms with Crippen LogP contribution in [0.25, 0.3) is 10.8 Å². The van der Waals surface area contributed by atoms with E-state index in [4.69, 9.17) is 5.11 Å². The number of amides is 1. The molecule has 0 aromatic heterocycles. The van der Waals surface area contributed by atoms with Crippen molar-refractivity contribution in [2.45, 2.75) is 38.6 Å². The summed E-state index contributed by atoms with van der Waals surface area (Å²) in [6.45, 7) is 4.96. The molecule has 0 atom stereocenters. The molecular weight excluding hydrogens is 336 g/mol. The van der Waals surface area contributed by atoms with Crippen molar-refractivity contribution in [2.24, 2.45) is 5.41 Å². The van der Waals surface area contributed by atoms with Crippen LogP contribution in [-0.4, -0.2) is 53.6 Å². The van der Waals surface area contributed by atoms with Crippen LogP contribution in [0.15, 0.2) is 42.5 Å². The first-order valence-electron chi connectivity index (χ1n) is 10.3. The van der Waals surface area contributed by atoms with Crippen LogP contribution in [0, 0.1) is 5.41 Å². The number of carbonyl (C=O) groups is 1. The molecule has 0 radical (unpaired) electrons. The summed E-state index contributed by atoms with van der Waals surface area (Å²) in [7, 11) is 0. The maximum absolute atomic E-state index is 12.2. The summed E-state index contributed by atoms with van der Waals surface area (Å²) >= 11 is 0. The highest BCUT2D eigenvalue weighted by Crippen LogP contribution is 2.40. The lowest BCUT2D eigenvalue weighted by atomic mass is 9.72. The van der Waals surface area contributed by atoms with E-state index in [1.165, 1.54) is 29.2 Å². The van der Waals surface area contributed by atoms with Gasteiger partial charge in [-0.2, -0.15) is 0 Å². The molecule has 4 heteroatoms. The predicted molar refractivity (Wildman–Crippen MR) is 108 cm³/mol. The van der Waals surface area contributed by atoms with Crippen molar-refractivity contribution in [1.29, 1.82) is 0 Å². The zero-order chi connectivity index (χ0) is 18.7. The molecule has 1 spiro atoms. The second kappa shape index (κ2) is 7.99. The second-order valence-corrected chi connectivity index (χ2v) is 8.31. The van der Waals surface area contributed by atoms with Crippen molar-refractivity contribution in [3.05, 3.63) is 48.0 Å². The van der Waals surface area contributed by atoms with E-state index in [1.54, 1.807) is 0 Å². The van der Waals surface area contributed by atoms with Crippen LogP contribution in [0.5, 0.6) is 0 Å². The molecule has 4 nitrogen and oxygen atoms in total. The van der Waals surface area contributed by atoms with Gasteiger partial charge >= 0.3 is 0 Å². The fourth-order valence-electron chi connectivity index (χ4n) is 4.83. The fourth-order valence-corrected chi connectivity index (χ4v) is 4.83. The number of likely N-dealkylation sites (tertiary alicyclic amines) is 2. The van der Waals surface area contributed by atoms with E-state index in [2.05, 4.69) is 47.4 Å². The molecule has 2 aliphatic rings. The maximum atomic E-state index is 12.2. The summed E-state index contributed by atoms with van der Waals surface area (Å²) in [4.78, 5) is 16.8. The average Bonchev–Trinajstić information content (AvgIpc) is 2.71. The third-order valence-electron chi connectivity index (χ3n) is 6.52. The van der Waals surface area contributed by atoms with Crippen LogP contribution < -0.4 is 0 Å². The number of nitrogens with zero attached hydrogens (tertiary/aromatic N) is 2. The summed E-state index contributed by atoms with van der Waals surface area (Å²) in [6, 6.07) is 15.2. The molecule has 2 aliphatic heterocycles. The van der Waals surface area contributed by atoms with E-state index in [-0.39, 0.29) is 12.5 Å². The lowest BCUT2D eigenvalue weighted by Gasteiger charge is -2.47. The zero-order valence-electron chi connectivity index (χ0n) is 16.1. The van der Waals surface area contributed by atoms with Crippen LogP contribution in [0.3, 0.4) is 0 Å². The summed E-state index contributed by atoms with van der Waals surface area (Å²) in [6.07, 6.45) is 4.73. The number of fused-ring (bicyclic) bond motifs is 1. The van der Waals surface area contributed by atoms with Crippen molar-refractivity contribution >= 4 is 16.7 Å². The first-order valence-corrected chi connectivity index (χ1v) is 10.3. The van der Waals surface area contributed by atoms with E-state index in [0.29, 0.717) is 24.8 Å². The molecule has 0 aliphatic carbocycles. The van der Waals surface area contributed by atoms with E-state index in [0.717, 1.165) is 32.6 Å². The molecule has 0 bridgehead atoms. The van der Waals surface area contributed by atoms with Crippen molar-refractivity contribution < 1.29 is 9.90 Å². The quantitative estimate of drug-likeness (QED) is 0.882. The average molecular weight is 367 g/mol. The van der Waals surface area contributed by atoms with E-state index in [9.17, 15) is 4.79 Å². The Morgan fingerprint density at radius 1 is 1.00 bits per heavy atom. The Bertz CT molecular complexity index is 791. The summed E-state index contributed by atoms with van der Waals surface area (Å²) in [5.74, 6) is 0.271. The highest BCUT2D eigenvalue weighted by Gasteiger charge is 2.40. The van der Waals surface area contributed by atoms with Crippen LogP contribution in [-0.2, 0) is 11.3 Å². The van der Waals surface area contributed by atoms with Crippen molar-refractivity contribution in [3.8, 4) is 0 Å². The van der Waals surface area contributed by atoms with Gasteiger partial charge in [0.15, 0.2) is 0 Å². The molecule has 2 saturated heterocycles. The van der Waals surface area contributed by atoms with Gasteiger partial charge in [0.1, 0.15) is 0 Å². The summed E-state index contributed by atoms with van der Waals surface area (Å²) in [5, 5.41) is 11.8. The molecule has 1 amide bonds. The van der Waals surface area contributed by atoms with Gasteiger partial charge in [-0.3, -0.25) is 9.69 Å². The minimum Gasteiger partial charge on any atom is -0.396 e. The Balaban J connectivity index is 1.39. The van der Waals surface area contributed by atoms with Gasteiger partial charge in [0.05, 0.1) is 0 Å². The second-order valence-electron chi connectivity index (χ2n) is 8.31. The van der Waals surface area contributed by atoms with Gasteiger partial charge in [0.25, 0.3) is 0 Å². The highest BCUT2D eigenvalue weighted by molar-refractivity contribution is 5.85. The number of rotatable bonds is 5. The molecule has 0 saturated carbocycles. The Morgan fingerprint density at radius 2 is 1.78 bits per heavy atom. The fraction of sp³-hybridized carbons (Fsp3) is 0.522. The molecule has 0 unspecified atom stereocenters. The SMILES string of the molecule is O=C1CCC2(CCN(Cc3cccc4ccccc34)CC2)CN1CCCO. The number of carbonyl (C=O) groups excluding carboxylic acids is 1. The van der Waals surface area contributed by atoms with Gasteiger partial charge in [-0.05, 0) is 60.5 Å². The zero-order valence-corrected chi connectivity index (χ0v) is 16.1. The highest BCUT2D eigenvalue weighted by atomic mass is 16.3. The van der Waals surface area contributed by atoms with Crippen molar-refractivity contribution in [3.63, 3.8) is 0 Å². The summed E-state index contributed by atoms with van der Waals surface area (Å²) < 4.78 is 0. The molecule has 1 N–H and O–H groups in total. The molecule has 2 aromatic rings. The monoisotopic (exact) mass is 366 g/mol. The number of aliphatic hydroxyl groups is 1. The van der Waals surface area contributed by atoms with E-state index >= 15 is 0 Å². The van der Waals surface area contributed by atoms with Gasteiger partial charge < -0.3 is 10.0 Å². The number of hydrogen-bond acceptors (Lipinski definition) is 3.